The number of rotatable bonds is 1. The van der Waals surface area contributed by atoms with Crippen LogP contribution in [-0.4, -0.2) is 11.0 Å². The lowest BCUT2D eigenvalue weighted by Crippen LogP contribution is -2.23. The van der Waals surface area contributed by atoms with Gasteiger partial charge < -0.3 is 5.73 Å². The molecule has 2 N–H and O–H groups in total. The topological polar surface area (TPSA) is 38.9 Å². The number of nitrogens with two attached hydrogens (primary N) is 1. The van der Waals surface area contributed by atoms with E-state index in [1.54, 1.807) is 11.3 Å². The molecule has 2 unspecified atom stereocenters. The molecule has 0 bridgehead atoms. The van der Waals surface area contributed by atoms with Crippen LogP contribution < -0.4 is 5.73 Å². The van der Waals surface area contributed by atoms with Gasteiger partial charge in [0.25, 0.3) is 0 Å². The fourth-order valence-corrected chi connectivity index (χ4v) is 3.13. The SMILES string of the molecule is CC(C)(C)c1nc(C2CCCC2N)cs1. The molecule has 15 heavy (non-hydrogen) atoms. The van der Waals surface area contributed by atoms with Crippen LogP contribution in [0.3, 0.4) is 0 Å². The van der Waals surface area contributed by atoms with Crippen LogP contribution in [0.5, 0.6) is 0 Å². The summed E-state index contributed by atoms with van der Waals surface area (Å²) in [5.41, 5.74) is 7.50. The third-order valence-corrected chi connectivity index (χ3v) is 4.40. The molecule has 1 fully saturated rings. The molecule has 0 aromatic carbocycles. The van der Waals surface area contributed by atoms with E-state index in [9.17, 15) is 0 Å². The summed E-state index contributed by atoms with van der Waals surface area (Å²) in [4.78, 5) is 4.75. The Hall–Kier alpha value is -0.410. The summed E-state index contributed by atoms with van der Waals surface area (Å²) in [6.07, 6.45) is 3.63. The molecule has 1 aliphatic carbocycles. The van der Waals surface area contributed by atoms with Gasteiger partial charge in [0.1, 0.15) is 0 Å². The van der Waals surface area contributed by atoms with Gasteiger partial charge in [0.05, 0.1) is 10.7 Å². The second-order valence-electron chi connectivity index (χ2n) is 5.53. The zero-order valence-electron chi connectivity index (χ0n) is 9.79. The van der Waals surface area contributed by atoms with E-state index >= 15 is 0 Å². The molecule has 1 saturated carbocycles. The van der Waals surface area contributed by atoms with Crippen LogP contribution in [0.2, 0.25) is 0 Å². The van der Waals surface area contributed by atoms with Crippen molar-refractivity contribution in [1.82, 2.24) is 4.98 Å². The Kier molecular flexibility index (Phi) is 2.86. The molecule has 2 nitrogen and oxygen atoms in total. The zero-order valence-corrected chi connectivity index (χ0v) is 10.6. The molecule has 0 aliphatic heterocycles. The smallest absolute Gasteiger partial charge is 0.0982 e. The van der Waals surface area contributed by atoms with Gasteiger partial charge in [-0.3, -0.25) is 0 Å². The highest BCUT2D eigenvalue weighted by atomic mass is 32.1. The number of hydrogen-bond donors (Lipinski definition) is 1. The van der Waals surface area contributed by atoms with Crippen LogP contribution >= 0.6 is 11.3 Å². The lowest BCUT2D eigenvalue weighted by molar-refractivity contribution is 0.565. The standard InChI is InChI=1S/C12H20N2S/c1-12(2,3)11-14-10(7-15-11)8-5-4-6-9(8)13/h7-9H,4-6,13H2,1-3H3. The molecule has 2 rings (SSSR count). The van der Waals surface area contributed by atoms with Gasteiger partial charge in [-0.05, 0) is 12.8 Å². The monoisotopic (exact) mass is 224 g/mol. The van der Waals surface area contributed by atoms with Crippen molar-refractivity contribution in [2.24, 2.45) is 5.73 Å². The van der Waals surface area contributed by atoms with Crippen molar-refractivity contribution in [3.05, 3.63) is 16.1 Å². The summed E-state index contributed by atoms with van der Waals surface area (Å²) in [5, 5.41) is 3.44. The van der Waals surface area contributed by atoms with E-state index in [1.165, 1.54) is 23.5 Å². The Labute approximate surface area is 95.9 Å². The van der Waals surface area contributed by atoms with Crippen LogP contribution in [0.1, 0.15) is 56.7 Å². The Morgan fingerprint density at radius 3 is 2.60 bits per heavy atom. The summed E-state index contributed by atoms with van der Waals surface area (Å²) >= 11 is 1.78. The lowest BCUT2D eigenvalue weighted by Gasteiger charge is -2.15. The van der Waals surface area contributed by atoms with Crippen molar-refractivity contribution < 1.29 is 0 Å². The van der Waals surface area contributed by atoms with Crippen LogP contribution in [0, 0.1) is 0 Å². The Morgan fingerprint density at radius 2 is 2.13 bits per heavy atom. The van der Waals surface area contributed by atoms with Gasteiger partial charge in [-0.2, -0.15) is 0 Å². The average molecular weight is 224 g/mol. The summed E-state index contributed by atoms with van der Waals surface area (Å²) in [6.45, 7) is 6.64. The van der Waals surface area contributed by atoms with Crippen molar-refractivity contribution in [1.29, 1.82) is 0 Å². The van der Waals surface area contributed by atoms with Crippen molar-refractivity contribution in [3.8, 4) is 0 Å². The fourth-order valence-electron chi connectivity index (χ4n) is 2.16. The minimum Gasteiger partial charge on any atom is -0.327 e. The summed E-state index contributed by atoms with van der Waals surface area (Å²) < 4.78 is 0. The van der Waals surface area contributed by atoms with E-state index in [0.29, 0.717) is 12.0 Å². The molecular formula is C12H20N2S. The van der Waals surface area contributed by atoms with Gasteiger partial charge in [-0.15, -0.1) is 11.3 Å². The van der Waals surface area contributed by atoms with Crippen LogP contribution in [0.15, 0.2) is 5.38 Å². The van der Waals surface area contributed by atoms with E-state index < -0.39 is 0 Å². The van der Waals surface area contributed by atoms with E-state index in [2.05, 4.69) is 26.2 Å². The molecule has 2 atom stereocenters. The molecule has 3 heteroatoms. The van der Waals surface area contributed by atoms with Crippen LogP contribution in [0.25, 0.3) is 0 Å². The maximum atomic E-state index is 6.09. The Morgan fingerprint density at radius 1 is 1.40 bits per heavy atom. The highest BCUT2D eigenvalue weighted by Gasteiger charge is 2.28. The third kappa shape index (κ3) is 2.23. The first-order valence-corrected chi connectivity index (χ1v) is 6.58. The lowest BCUT2D eigenvalue weighted by atomic mass is 9.97. The molecule has 84 valence electrons. The van der Waals surface area contributed by atoms with Crippen molar-refractivity contribution in [2.75, 3.05) is 0 Å². The number of nitrogens with zero attached hydrogens (tertiary/aromatic N) is 1. The summed E-state index contributed by atoms with van der Waals surface area (Å²) in [7, 11) is 0. The highest BCUT2D eigenvalue weighted by molar-refractivity contribution is 7.09. The Balaban J connectivity index is 2.20. The first-order valence-electron chi connectivity index (χ1n) is 5.70. The summed E-state index contributed by atoms with van der Waals surface area (Å²) in [6, 6.07) is 0.333. The van der Waals surface area contributed by atoms with Gasteiger partial charge in [0.15, 0.2) is 0 Å². The number of thiazole rings is 1. The van der Waals surface area contributed by atoms with Gasteiger partial charge in [0.2, 0.25) is 0 Å². The van der Waals surface area contributed by atoms with Crippen LogP contribution in [0.4, 0.5) is 0 Å². The van der Waals surface area contributed by atoms with E-state index in [1.807, 2.05) is 0 Å². The average Bonchev–Trinajstić information content (AvgIpc) is 2.69. The van der Waals surface area contributed by atoms with E-state index in [4.69, 9.17) is 10.7 Å². The summed E-state index contributed by atoms with van der Waals surface area (Å²) in [5.74, 6) is 0.511. The third-order valence-electron chi connectivity index (χ3n) is 3.11. The molecule has 0 radical (unpaired) electrons. The van der Waals surface area contributed by atoms with E-state index in [-0.39, 0.29) is 5.41 Å². The normalized spacial score (nSPS) is 27.2. The van der Waals surface area contributed by atoms with E-state index in [0.717, 1.165) is 6.42 Å². The molecule has 1 aliphatic rings. The molecular weight excluding hydrogens is 204 g/mol. The quantitative estimate of drug-likeness (QED) is 0.796. The van der Waals surface area contributed by atoms with Gasteiger partial charge in [-0.25, -0.2) is 4.98 Å². The van der Waals surface area contributed by atoms with Crippen molar-refractivity contribution in [3.63, 3.8) is 0 Å². The predicted octanol–water partition coefficient (Wildman–Crippen LogP) is 3.04. The molecule has 0 amide bonds. The van der Waals surface area contributed by atoms with Gasteiger partial charge in [0, 0.05) is 22.8 Å². The molecule has 1 aromatic rings. The van der Waals surface area contributed by atoms with Crippen LogP contribution in [-0.2, 0) is 5.41 Å². The first kappa shape index (κ1) is 11.1. The molecule has 1 aromatic heterocycles. The van der Waals surface area contributed by atoms with Gasteiger partial charge in [-0.1, -0.05) is 27.2 Å². The number of hydrogen-bond acceptors (Lipinski definition) is 3. The zero-order chi connectivity index (χ0) is 11.1. The largest absolute Gasteiger partial charge is 0.327 e. The van der Waals surface area contributed by atoms with Gasteiger partial charge >= 0.3 is 0 Å². The Bertz CT molecular complexity index is 338. The van der Waals surface area contributed by atoms with Crippen molar-refractivity contribution in [2.45, 2.75) is 57.4 Å². The minimum atomic E-state index is 0.172. The predicted molar refractivity (Wildman–Crippen MR) is 65.4 cm³/mol. The molecule has 1 heterocycles. The second kappa shape index (κ2) is 3.87. The second-order valence-corrected chi connectivity index (χ2v) is 6.39. The maximum Gasteiger partial charge on any atom is 0.0982 e. The van der Waals surface area contributed by atoms with Crippen molar-refractivity contribution >= 4 is 11.3 Å². The maximum absolute atomic E-state index is 6.09. The first-order chi connectivity index (χ1) is 6.98. The fraction of sp³-hybridized carbons (Fsp3) is 0.750. The highest BCUT2D eigenvalue weighted by Crippen LogP contribution is 2.35. The molecule has 0 saturated heterocycles. The number of aromatic nitrogens is 1. The minimum absolute atomic E-state index is 0.172. The molecule has 0 spiro atoms.